The van der Waals surface area contributed by atoms with E-state index in [1.165, 1.54) is 12.1 Å². The minimum Gasteiger partial charge on any atom is -0.462 e. The number of fused-ring (bicyclic) bond motifs is 1. The van der Waals surface area contributed by atoms with Crippen molar-refractivity contribution >= 4 is 5.97 Å². The fourth-order valence-electron chi connectivity index (χ4n) is 3.21. The van der Waals surface area contributed by atoms with E-state index in [9.17, 15) is 14.0 Å². The lowest BCUT2D eigenvalue weighted by Crippen LogP contribution is -2.32. The number of carbonyl (C=O) groups is 1. The van der Waals surface area contributed by atoms with Crippen molar-refractivity contribution < 1.29 is 13.9 Å². The predicted molar refractivity (Wildman–Crippen MR) is 88.8 cm³/mol. The van der Waals surface area contributed by atoms with Crippen LogP contribution in [-0.2, 0) is 24.1 Å². The molecule has 0 N–H and O–H groups in total. The Hall–Kier alpha value is -2.43. The monoisotopic (exact) mass is 329 g/mol. The molecule has 5 heteroatoms. The fourth-order valence-corrected chi connectivity index (χ4v) is 3.21. The third kappa shape index (κ3) is 3.25. The van der Waals surface area contributed by atoms with Crippen LogP contribution in [0.15, 0.2) is 35.1 Å². The Balaban J connectivity index is 2.07. The molecule has 0 aliphatic carbocycles. The van der Waals surface area contributed by atoms with Gasteiger partial charge in [0.15, 0.2) is 0 Å². The van der Waals surface area contributed by atoms with Crippen LogP contribution in [0.1, 0.15) is 46.9 Å². The molecule has 0 bridgehead atoms. The van der Waals surface area contributed by atoms with E-state index >= 15 is 0 Å². The second kappa shape index (κ2) is 6.99. The topological polar surface area (TPSA) is 48.3 Å². The summed E-state index contributed by atoms with van der Waals surface area (Å²) >= 11 is 0. The summed E-state index contributed by atoms with van der Waals surface area (Å²) in [6.45, 7) is 2.65. The molecule has 0 saturated heterocycles. The lowest BCUT2D eigenvalue weighted by molar-refractivity contribution is 0.0523. The molecule has 1 aromatic heterocycles. The van der Waals surface area contributed by atoms with Crippen LogP contribution in [0.3, 0.4) is 0 Å². The Morgan fingerprint density at radius 2 is 2.12 bits per heavy atom. The van der Waals surface area contributed by atoms with Gasteiger partial charge in [0.25, 0.3) is 5.56 Å². The zero-order valence-electron chi connectivity index (χ0n) is 13.7. The third-order valence-electron chi connectivity index (χ3n) is 4.30. The Bertz CT molecular complexity index is 826. The van der Waals surface area contributed by atoms with E-state index in [2.05, 4.69) is 0 Å². The van der Waals surface area contributed by atoms with E-state index in [0.717, 1.165) is 18.5 Å². The SMILES string of the molecule is CCOC(=O)c1cc(Cc2cccc(F)c2)c(=O)n2c1CCCC2. The van der Waals surface area contributed by atoms with Crippen LogP contribution >= 0.6 is 0 Å². The van der Waals surface area contributed by atoms with Crippen LogP contribution in [0.5, 0.6) is 0 Å². The molecule has 1 aromatic carbocycles. The molecule has 0 amide bonds. The van der Waals surface area contributed by atoms with Gasteiger partial charge in [0.05, 0.1) is 12.2 Å². The molecule has 4 nitrogen and oxygen atoms in total. The smallest absolute Gasteiger partial charge is 0.339 e. The van der Waals surface area contributed by atoms with Crippen molar-refractivity contribution in [3.63, 3.8) is 0 Å². The van der Waals surface area contributed by atoms with Crippen LogP contribution in [0.2, 0.25) is 0 Å². The highest BCUT2D eigenvalue weighted by atomic mass is 19.1. The van der Waals surface area contributed by atoms with Crippen LogP contribution in [0.4, 0.5) is 4.39 Å². The number of pyridine rings is 1. The van der Waals surface area contributed by atoms with Crippen molar-refractivity contribution in [2.24, 2.45) is 0 Å². The summed E-state index contributed by atoms with van der Waals surface area (Å²) in [7, 11) is 0. The van der Waals surface area contributed by atoms with Crippen molar-refractivity contribution in [2.75, 3.05) is 6.61 Å². The second-order valence-electron chi connectivity index (χ2n) is 5.97. The van der Waals surface area contributed by atoms with Gasteiger partial charge in [-0.2, -0.15) is 0 Å². The molecule has 0 radical (unpaired) electrons. The minimum absolute atomic E-state index is 0.0954. The maximum absolute atomic E-state index is 13.4. The lowest BCUT2D eigenvalue weighted by atomic mass is 9.98. The van der Waals surface area contributed by atoms with Crippen LogP contribution in [0.25, 0.3) is 0 Å². The summed E-state index contributed by atoms with van der Waals surface area (Å²) < 4.78 is 20.2. The Labute approximate surface area is 139 Å². The van der Waals surface area contributed by atoms with Gasteiger partial charge < -0.3 is 9.30 Å². The van der Waals surface area contributed by atoms with Crippen LogP contribution in [0, 0.1) is 5.82 Å². The van der Waals surface area contributed by atoms with Gasteiger partial charge in [-0.05, 0) is 49.9 Å². The summed E-state index contributed by atoms with van der Waals surface area (Å²) in [4.78, 5) is 25.0. The zero-order chi connectivity index (χ0) is 17.1. The molecule has 2 heterocycles. The number of benzene rings is 1. The number of hydrogen-bond acceptors (Lipinski definition) is 3. The summed E-state index contributed by atoms with van der Waals surface area (Å²) in [5, 5.41) is 0. The first-order valence-corrected chi connectivity index (χ1v) is 8.27. The standard InChI is InChI=1S/C19H20FNO3/c1-2-24-19(23)16-12-14(10-13-6-5-7-15(20)11-13)18(22)21-9-4-3-8-17(16)21/h5-7,11-12H,2-4,8-10H2,1H3. The first-order valence-electron chi connectivity index (χ1n) is 8.27. The number of hydrogen-bond donors (Lipinski definition) is 0. The summed E-state index contributed by atoms with van der Waals surface area (Å²) in [5.41, 5.74) is 2.32. The molecule has 1 aliphatic heterocycles. The van der Waals surface area contributed by atoms with Gasteiger partial charge in [-0.1, -0.05) is 12.1 Å². The second-order valence-corrected chi connectivity index (χ2v) is 5.97. The number of ether oxygens (including phenoxy) is 1. The lowest BCUT2D eigenvalue weighted by Gasteiger charge is -2.22. The van der Waals surface area contributed by atoms with Crippen molar-refractivity contribution in [1.29, 1.82) is 0 Å². The average Bonchev–Trinajstić information content (AvgIpc) is 2.58. The third-order valence-corrected chi connectivity index (χ3v) is 4.30. The number of aromatic nitrogens is 1. The first kappa shape index (κ1) is 16.4. The van der Waals surface area contributed by atoms with Crippen molar-refractivity contribution in [1.82, 2.24) is 4.57 Å². The summed E-state index contributed by atoms with van der Waals surface area (Å²) in [6, 6.07) is 7.80. The highest BCUT2D eigenvalue weighted by Crippen LogP contribution is 2.20. The molecular weight excluding hydrogens is 309 g/mol. The largest absolute Gasteiger partial charge is 0.462 e. The molecule has 0 saturated carbocycles. The van der Waals surface area contributed by atoms with E-state index < -0.39 is 5.97 Å². The molecule has 126 valence electrons. The average molecular weight is 329 g/mol. The quantitative estimate of drug-likeness (QED) is 0.810. The maximum Gasteiger partial charge on any atom is 0.339 e. The molecule has 0 atom stereocenters. The van der Waals surface area contributed by atoms with Crippen molar-refractivity contribution in [2.45, 2.75) is 39.2 Å². The number of rotatable bonds is 4. The van der Waals surface area contributed by atoms with Crippen LogP contribution in [-0.4, -0.2) is 17.1 Å². The summed E-state index contributed by atoms with van der Waals surface area (Å²) in [6.07, 6.45) is 2.86. The molecule has 3 rings (SSSR count). The Morgan fingerprint density at radius 3 is 2.88 bits per heavy atom. The number of nitrogens with zero attached hydrogens (tertiary/aromatic N) is 1. The molecule has 24 heavy (non-hydrogen) atoms. The Kier molecular flexibility index (Phi) is 4.79. The van der Waals surface area contributed by atoms with E-state index in [1.54, 1.807) is 29.7 Å². The molecule has 2 aromatic rings. The van der Waals surface area contributed by atoms with Gasteiger partial charge >= 0.3 is 5.97 Å². The molecule has 0 fully saturated rings. The van der Waals surface area contributed by atoms with Gasteiger partial charge in [-0.15, -0.1) is 0 Å². The highest BCUT2D eigenvalue weighted by Gasteiger charge is 2.22. The number of carbonyl (C=O) groups excluding carboxylic acids is 1. The predicted octanol–water partition coefficient (Wildman–Crippen LogP) is 3.09. The van der Waals surface area contributed by atoms with Crippen LogP contribution < -0.4 is 5.56 Å². The van der Waals surface area contributed by atoms with E-state index in [1.807, 2.05) is 0 Å². The van der Waals surface area contributed by atoms with Gasteiger partial charge in [0.1, 0.15) is 5.82 Å². The maximum atomic E-state index is 13.4. The van der Waals surface area contributed by atoms with Crippen molar-refractivity contribution in [3.8, 4) is 0 Å². The molecule has 1 aliphatic rings. The van der Waals surface area contributed by atoms with Gasteiger partial charge in [-0.3, -0.25) is 4.79 Å². The minimum atomic E-state index is -0.399. The van der Waals surface area contributed by atoms with Gasteiger partial charge in [0, 0.05) is 24.2 Å². The molecular formula is C19H20FNO3. The number of esters is 1. The van der Waals surface area contributed by atoms with E-state index in [-0.39, 0.29) is 18.0 Å². The van der Waals surface area contributed by atoms with Crippen molar-refractivity contribution in [3.05, 3.63) is 68.9 Å². The Morgan fingerprint density at radius 1 is 1.29 bits per heavy atom. The molecule has 0 unspecified atom stereocenters. The zero-order valence-corrected chi connectivity index (χ0v) is 13.7. The number of halogens is 1. The highest BCUT2D eigenvalue weighted by molar-refractivity contribution is 5.91. The molecule has 0 spiro atoms. The van der Waals surface area contributed by atoms with Gasteiger partial charge in [-0.25, -0.2) is 9.18 Å². The normalized spacial score (nSPS) is 13.4. The first-order chi connectivity index (χ1) is 11.6. The van der Waals surface area contributed by atoms with E-state index in [0.29, 0.717) is 36.1 Å². The van der Waals surface area contributed by atoms with Gasteiger partial charge in [0.2, 0.25) is 0 Å². The fraction of sp³-hybridized carbons (Fsp3) is 0.368. The van der Waals surface area contributed by atoms with E-state index in [4.69, 9.17) is 4.74 Å². The summed E-state index contributed by atoms with van der Waals surface area (Å²) in [5.74, 6) is -0.736.